The third-order valence-electron chi connectivity index (χ3n) is 2.24. The van der Waals surface area contributed by atoms with Crippen molar-refractivity contribution in [1.82, 2.24) is 10.3 Å². The van der Waals surface area contributed by atoms with Gasteiger partial charge in [-0.2, -0.15) is 0 Å². The minimum Gasteiger partial charge on any atom is -0.351 e. The average Bonchev–Trinajstić information content (AvgIpc) is 2.37. The summed E-state index contributed by atoms with van der Waals surface area (Å²) in [5.74, 6) is 0.162. The van der Waals surface area contributed by atoms with E-state index >= 15 is 0 Å². The normalized spacial score (nSPS) is 11.9. The van der Waals surface area contributed by atoms with Crippen molar-refractivity contribution in [3.63, 3.8) is 0 Å². The number of pyridine rings is 1. The van der Waals surface area contributed by atoms with Crippen LogP contribution in [-0.4, -0.2) is 38.1 Å². The van der Waals surface area contributed by atoms with Gasteiger partial charge in [-0.25, -0.2) is 4.98 Å². The first-order valence-corrected chi connectivity index (χ1v) is 7.26. The second-order valence-electron chi connectivity index (χ2n) is 3.44. The van der Waals surface area contributed by atoms with Crippen molar-refractivity contribution in [2.24, 2.45) is 0 Å². The molecule has 0 aromatic carbocycles. The van der Waals surface area contributed by atoms with E-state index in [-0.39, 0.29) is 17.3 Å². The van der Waals surface area contributed by atoms with Crippen LogP contribution >= 0.6 is 11.6 Å². The van der Waals surface area contributed by atoms with Crippen molar-refractivity contribution < 1.29 is 13.9 Å². The summed E-state index contributed by atoms with van der Waals surface area (Å²) in [6.45, 7) is 1.95. The Balaban J connectivity index is 2.80. The quantitative estimate of drug-likeness (QED) is 0.482. The van der Waals surface area contributed by atoms with Gasteiger partial charge in [0.15, 0.2) is 0 Å². The van der Waals surface area contributed by atoms with E-state index in [0.29, 0.717) is 11.5 Å². The summed E-state index contributed by atoms with van der Waals surface area (Å²) in [7, 11) is -1.01. The second kappa shape index (κ2) is 7.15. The molecule has 1 aromatic rings. The summed E-state index contributed by atoms with van der Waals surface area (Å²) in [4.78, 5) is 25.4. The number of hydrogen-bond acceptors (Lipinski definition) is 5. The molecule has 1 N–H and O–H groups in total. The Bertz CT molecular complexity index is 523. The monoisotopic (exact) mass is 305 g/mol. The van der Waals surface area contributed by atoms with Crippen LogP contribution < -0.4 is 5.32 Å². The van der Waals surface area contributed by atoms with Crippen molar-refractivity contribution in [2.45, 2.75) is 6.92 Å². The average molecular weight is 306 g/mol. The van der Waals surface area contributed by atoms with Gasteiger partial charge in [0.2, 0.25) is 5.15 Å². The molecule has 19 heavy (non-hydrogen) atoms. The first kappa shape index (κ1) is 15.5. The number of nitrogens with one attached hydrogen (secondary N) is 1. The van der Waals surface area contributed by atoms with Gasteiger partial charge in [-0.05, 0) is 6.07 Å². The number of amides is 1. The first-order chi connectivity index (χ1) is 8.97. The molecule has 1 rings (SSSR count). The predicted octanol–water partition coefficient (Wildman–Crippen LogP) is 1.14. The van der Waals surface area contributed by atoms with E-state index in [4.69, 9.17) is 11.6 Å². The van der Waals surface area contributed by atoms with Gasteiger partial charge in [0.25, 0.3) is 5.91 Å². The number of carbonyl (C=O) groups excluding carboxylic acids is 1. The SMILES string of the molecule is CCS(=O)CCNC(=O)c1ccnc(Cl)c1[N+](=O)[O-]. The number of nitrogens with zero attached hydrogens (tertiary/aromatic N) is 2. The highest BCUT2D eigenvalue weighted by Crippen LogP contribution is 2.25. The summed E-state index contributed by atoms with van der Waals surface area (Å²) >= 11 is 5.59. The molecule has 0 aliphatic rings. The molecule has 7 nitrogen and oxygen atoms in total. The van der Waals surface area contributed by atoms with Crippen molar-refractivity contribution in [3.05, 3.63) is 33.1 Å². The Morgan fingerprint density at radius 2 is 2.32 bits per heavy atom. The summed E-state index contributed by atoms with van der Waals surface area (Å²) in [6.07, 6.45) is 1.22. The Kier molecular flexibility index (Phi) is 5.84. The maximum atomic E-state index is 11.8. The van der Waals surface area contributed by atoms with Gasteiger partial charge in [0.1, 0.15) is 5.56 Å². The van der Waals surface area contributed by atoms with Gasteiger partial charge in [0, 0.05) is 35.0 Å². The molecule has 104 valence electrons. The zero-order valence-corrected chi connectivity index (χ0v) is 11.7. The molecule has 0 fully saturated rings. The van der Waals surface area contributed by atoms with Gasteiger partial charge in [-0.1, -0.05) is 18.5 Å². The maximum absolute atomic E-state index is 11.8. The molecule has 0 bridgehead atoms. The zero-order chi connectivity index (χ0) is 14.4. The largest absolute Gasteiger partial charge is 0.351 e. The van der Waals surface area contributed by atoms with Crippen LogP contribution in [0.3, 0.4) is 0 Å². The number of rotatable bonds is 6. The van der Waals surface area contributed by atoms with Crippen molar-refractivity contribution >= 4 is 34.0 Å². The highest BCUT2D eigenvalue weighted by Gasteiger charge is 2.24. The molecule has 1 heterocycles. The number of hydrogen-bond donors (Lipinski definition) is 1. The van der Waals surface area contributed by atoms with E-state index in [1.807, 2.05) is 0 Å². The summed E-state index contributed by atoms with van der Waals surface area (Å²) in [5, 5.41) is 13.0. The molecular weight excluding hydrogens is 294 g/mol. The van der Waals surface area contributed by atoms with Crippen molar-refractivity contribution in [2.75, 3.05) is 18.1 Å². The molecule has 0 saturated carbocycles. The smallest absolute Gasteiger partial charge is 0.319 e. The van der Waals surface area contributed by atoms with Crippen LogP contribution in [0.5, 0.6) is 0 Å². The van der Waals surface area contributed by atoms with Crippen LogP contribution in [0.1, 0.15) is 17.3 Å². The van der Waals surface area contributed by atoms with E-state index in [9.17, 15) is 19.1 Å². The molecule has 1 atom stereocenters. The fraction of sp³-hybridized carbons (Fsp3) is 0.400. The standard InChI is InChI=1S/C10H12ClN3O4S/c1-2-19(18)6-5-13-10(15)7-3-4-12-9(11)8(7)14(16)17/h3-4H,2,5-6H2,1H3,(H,13,15). The summed E-state index contributed by atoms with van der Waals surface area (Å²) < 4.78 is 11.2. The first-order valence-electron chi connectivity index (χ1n) is 5.39. The van der Waals surface area contributed by atoms with Crippen molar-refractivity contribution in [3.8, 4) is 0 Å². The number of aromatic nitrogens is 1. The van der Waals surface area contributed by atoms with Gasteiger partial charge in [-0.3, -0.25) is 19.1 Å². The predicted molar refractivity (Wildman–Crippen MR) is 71.8 cm³/mol. The molecule has 9 heteroatoms. The maximum Gasteiger partial charge on any atom is 0.319 e. The highest BCUT2D eigenvalue weighted by molar-refractivity contribution is 7.84. The summed E-state index contributed by atoms with van der Waals surface area (Å²) in [6, 6.07) is 1.22. The van der Waals surface area contributed by atoms with Gasteiger partial charge in [-0.15, -0.1) is 0 Å². The Hall–Kier alpha value is -1.54. The van der Waals surface area contributed by atoms with Crippen LogP contribution in [0, 0.1) is 10.1 Å². The third kappa shape index (κ3) is 4.25. The molecule has 0 aliphatic heterocycles. The molecule has 0 saturated heterocycles. The molecule has 0 radical (unpaired) electrons. The van der Waals surface area contributed by atoms with Gasteiger partial charge in [0.05, 0.1) is 4.92 Å². The summed E-state index contributed by atoms with van der Waals surface area (Å²) in [5.41, 5.74) is -0.689. The second-order valence-corrected chi connectivity index (χ2v) is 5.67. The molecular formula is C10H12ClN3O4S. The highest BCUT2D eigenvalue weighted by atomic mass is 35.5. The van der Waals surface area contributed by atoms with Crippen LogP contribution in [0.25, 0.3) is 0 Å². The third-order valence-corrected chi connectivity index (χ3v) is 3.82. The zero-order valence-electron chi connectivity index (χ0n) is 10.1. The van der Waals surface area contributed by atoms with Crippen LogP contribution in [0.2, 0.25) is 5.15 Å². The van der Waals surface area contributed by atoms with E-state index < -0.39 is 27.3 Å². The Morgan fingerprint density at radius 1 is 1.63 bits per heavy atom. The molecule has 0 spiro atoms. The minimum absolute atomic E-state index is 0.160. The molecule has 0 aliphatic carbocycles. The van der Waals surface area contributed by atoms with Crippen molar-refractivity contribution in [1.29, 1.82) is 0 Å². The van der Waals surface area contributed by atoms with Crippen LogP contribution in [0.15, 0.2) is 12.3 Å². The van der Waals surface area contributed by atoms with E-state index in [1.165, 1.54) is 12.3 Å². The molecule has 1 amide bonds. The lowest BCUT2D eigenvalue weighted by molar-refractivity contribution is -0.385. The fourth-order valence-electron chi connectivity index (χ4n) is 1.30. The molecule has 1 aromatic heterocycles. The van der Waals surface area contributed by atoms with E-state index in [0.717, 1.165) is 0 Å². The Labute approximate surface area is 117 Å². The number of halogens is 1. The van der Waals surface area contributed by atoms with Crippen LogP contribution in [-0.2, 0) is 10.8 Å². The minimum atomic E-state index is -1.01. The Morgan fingerprint density at radius 3 is 2.89 bits per heavy atom. The number of carbonyl (C=O) groups is 1. The lowest BCUT2D eigenvalue weighted by atomic mass is 10.2. The lowest BCUT2D eigenvalue weighted by Gasteiger charge is -2.05. The lowest BCUT2D eigenvalue weighted by Crippen LogP contribution is -2.28. The van der Waals surface area contributed by atoms with Gasteiger partial charge < -0.3 is 5.32 Å². The van der Waals surface area contributed by atoms with Gasteiger partial charge >= 0.3 is 5.69 Å². The topological polar surface area (TPSA) is 102 Å². The fourth-order valence-corrected chi connectivity index (χ4v) is 2.15. The van der Waals surface area contributed by atoms with Crippen LogP contribution in [0.4, 0.5) is 5.69 Å². The number of nitro groups is 1. The van der Waals surface area contributed by atoms with E-state index in [1.54, 1.807) is 6.92 Å². The molecule has 1 unspecified atom stereocenters. The van der Waals surface area contributed by atoms with E-state index in [2.05, 4.69) is 10.3 Å².